The summed E-state index contributed by atoms with van der Waals surface area (Å²) in [5.41, 5.74) is 1.03. The number of aromatic nitrogens is 5. The summed E-state index contributed by atoms with van der Waals surface area (Å²) in [6.45, 7) is 4.96. The van der Waals surface area contributed by atoms with Gasteiger partial charge in [-0.2, -0.15) is 10.4 Å². The highest BCUT2D eigenvalue weighted by Crippen LogP contribution is 2.35. The largest absolute Gasteiger partial charge is 0.341 e. The van der Waals surface area contributed by atoms with Crippen molar-refractivity contribution in [2.24, 2.45) is 11.8 Å². The van der Waals surface area contributed by atoms with Gasteiger partial charge in [-0.15, -0.1) is 3.89 Å². The van der Waals surface area contributed by atoms with Gasteiger partial charge < -0.3 is 10.2 Å². The van der Waals surface area contributed by atoms with Gasteiger partial charge in [0.15, 0.2) is 23.8 Å². The van der Waals surface area contributed by atoms with Gasteiger partial charge in [-0.25, -0.2) is 18.6 Å². The zero-order valence-corrected chi connectivity index (χ0v) is 24.7. The second kappa shape index (κ2) is 12.2. The van der Waals surface area contributed by atoms with E-state index in [9.17, 15) is 13.5 Å². The zero-order valence-electron chi connectivity index (χ0n) is 22.4. The fourth-order valence-electron chi connectivity index (χ4n) is 4.93. The van der Waals surface area contributed by atoms with Crippen LogP contribution in [0.3, 0.4) is 0 Å². The number of halogens is 3. The maximum Gasteiger partial charge on any atom is 0.255 e. The summed E-state index contributed by atoms with van der Waals surface area (Å²) in [6, 6.07) is 4.89. The van der Waals surface area contributed by atoms with E-state index in [0.717, 1.165) is 22.2 Å². The number of nitrogens with one attached hydrogen (secondary N) is 1. The van der Waals surface area contributed by atoms with Crippen molar-refractivity contribution in [1.29, 1.82) is 5.26 Å². The molecule has 3 aromatic heterocycles. The van der Waals surface area contributed by atoms with Gasteiger partial charge in [0, 0.05) is 30.6 Å². The average Bonchev–Trinajstić information content (AvgIpc) is 3.67. The van der Waals surface area contributed by atoms with E-state index in [1.807, 2.05) is 13.8 Å². The molecule has 1 aliphatic heterocycles. The normalized spacial score (nSPS) is 16.2. The van der Waals surface area contributed by atoms with E-state index in [0.29, 0.717) is 47.3 Å². The Morgan fingerprint density at radius 2 is 1.85 bits per heavy atom. The first-order valence-corrected chi connectivity index (χ1v) is 14.8. The molecular weight excluding hydrogens is 590 g/mol. The molecule has 214 valence electrons. The van der Waals surface area contributed by atoms with E-state index < -0.39 is 11.9 Å². The molecule has 0 bridgehead atoms. The molecule has 10 nitrogen and oxygen atoms in total. The molecule has 1 atom stereocenters. The van der Waals surface area contributed by atoms with Gasteiger partial charge in [0.25, 0.3) is 5.91 Å². The summed E-state index contributed by atoms with van der Waals surface area (Å²) in [7, 11) is 0. The molecule has 2 amide bonds. The number of likely N-dealkylation sites (tertiary alicyclic amines) is 1. The summed E-state index contributed by atoms with van der Waals surface area (Å²) in [4.78, 5) is 37.5. The molecule has 1 aromatic carbocycles. The molecule has 6 rings (SSSR count). The lowest BCUT2D eigenvalue weighted by atomic mass is 9.97. The van der Waals surface area contributed by atoms with Gasteiger partial charge in [0.2, 0.25) is 5.91 Å². The minimum absolute atomic E-state index is 0.0349. The number of nitrogens with zero attached hydrogens (tertiary/aromatic N) is 7. The molecule has 1 saturated heterocycles. The summed E-state index contributed by atoms with van der Waals surface area (Å²) in [5.74, 6) is -0.429. The SMILES string of the molecule is CC.N#CC1CCN(C(=O)C(NC(=O)c2cn(SF)c3ncc(-n4ncc5cc(Cl)c(Cl)cc54)nc23)C2CC2)CC1. The molecule has 41 heavy (non-hydrogen) atoms. The van der Waals surface area contributed by atoms with Crippen LogP contribution < -0.4 is 5.32 Å². The molecule has 0 radical (unpaired) electrons. The Hall–Kier alpha value is -3.40. The van der Waals surface area contributed by atoms with Gasteiger partial charge in [-0.1, -0.05) is 37.0 Å². The highest BCUT2D eigenvalue weighted by atomic mass is 35.5. The van der Waals surface area contributed by atoms with Crippen LogP contribution in [-0.4, -0.2) is 59.6 Å². The van der Waals surface area contributed by atoms with Gasteiger partial charge in [-0.05, 0) is 43.7 Å². The molecule has 1 saturated carbocycles. The van der Waals surface area contributed by atoms with Crippen molar-refractivity contribution in [2.45, 2.75) is 45.6 Å². The third-order valence-corrected chi connectivity index (χ3v) is 8.38. The predicted molar refractivity (Wildman–Crippen MR) is 157 cm³/mol. The quantitative estimate of drug-likeness (QED) is 0.292. The number of fused-ring (bicyclic) bond motifs is 2. The third kappa shape index (κ3) is 5.71. The molecule has 0 spiro atoms. The van der Waals surface area contributed by atoms with Gasteiger partial charge in [-0.3, -0.25) is 9.59 Å². The smallest absolute Gasteiger partial charge is 0.255 e. The minimum atomic E-state index is -0.703. The molecule has 1 aliphatic carbocycles. The Morgan fingerprint density at radius 1 is 1.15 bits per heavy atom. The van der Waals surface area contributed by atoms with Crippen molar-refractivity contribution in [3.63, 3.8) is 0 Å². The predicted octanol–water partition coefficient (Wildman–Crippen LogP) is 5.75. The standard InChI is InChI=1S/C25H21Cl2FN8O2S.C2H6/c26-17-7-15-10-31-36(19(15)8-18(17)27)20-11-30-23-22(32-20)16(12-35(23)39-28)24(37)33-21(14-1-2-14)25(38)34-5-3-13(9-29)4-6-34;1-2/h7-8,10-14,21H,1-6H2,(H,33,37);1-2H3. The van der Waals surface area contributed by atoms with Gasteiger partial charge in [0.1, 0.15) is 11.6 Å². The summed E-state index contributed by atoms with van der Waals surface area (Å²) >= 11 is 12.2. The Labute approximate surface area is 250 Å². The van der Waals surface area contributed by atoms with Crippen LogP contribution in [-0.2, 0) is 4.79 Å². The Balaban J connectivity index is 0.00000165. The summed E-state index contributed by atoms with van der Waals surface area (Å²) in [5, 5.41) is 17.9. The van der Waals surface area contributed by atoms with Crippen molar-refractivity contribution in [3.8, 4) is 11.9 Å². The van der Waals surface area contributed by atoms with Crippen LogP contribution in [0, 0.1) is 23.2 Å². The average molecular weight is 618 g/mol. The molecule has 2 fully saturated rings. The number of carbonyl (C=O) groups excluding carboxylic acids is 2. The molecule has 4 heterocycles. The van der Waals surface area contributed by atoms with E-state index >= 15 is 0 Å². The number of hydrogen-bond acceptors (Lipinski definition) is 7. The van der Waals surface area contributed by atoms with Crippen LogP contribution in [0.25, 0.3) is 27.9 Å². The number of rotatable bonds is 6. The van der Waals surface area contributed by atoms with E-state index in [1.165, 1.54) is 17.1 Å². The molecule has 1 unspecified atom stereocenters. The fourth-order valence-corrected chi connectivity index (χ4v) is 5.61. The van der Waals surface area contributed by atoms with Crippen LogP contribution in [0.2, 0.25) is 10.0 Å². The van der Waals surface area contributed by atoms with Crippen molar-refractivity contribution in [2.75, 3.05) is 13.1 Å². The van der Waals surface area contributed by atoms with Crippen LogP contribution in [0.1, 0.15) is 49.9 Å². The molecule has 4 aromatic rings. The van der Waals surface area contributed by atoms with Crippen LogP contribution in [0.4, 0.5) is 3.89 Å². The Kier molecular flexibility index (Phi) is 8.68. The number of amides is 2. The molecule has 1 N–H and O–H groups in total. The first-order chi connectivity index (χ1) is 19.9. The van der Waals surface area contributed by atoms with Crippen molar-refractivity contribution >= 4 is 69.4 Å². The lowest BCUT2D eigenvalue weighted by Gasteiger charge is -2.32. The number of hydrogen-bond donors (Lipinski definition) is 1. The van der Waals surface area contributed by atoms with E-state index in [-0.39, 0.29) is 46.8 Å². The number of piperidine rings is 1. The maximum absolute atomic E-state index is 13.8. The van der Waals surface area contributed by atoms with Crippen LogP contribution >= 0.6 is 35.5 Å². The number of carbonyl (C=O) groups is 2. The van der Waals surface area contributed by atoms with Crippen molar-refractivity contribution < 1.29 is 13.5 Å². The second-order valence-electron chi connectivity index (χ2n) is 9.74. The van der Waals surface area contributed by atoms with E-state index in [2.05, 4.69) is 26.5 Å². The number of benzene rings is 1. The van der Waals surface area contributed by atoms with E-state index in [1.54, 1.807) is 23.2 Å². The summed E-state index contributed by atoms with van der Waals surface area (Å²) < 4.78 is 16.4. The maximum atomic E-state index is 13.8. The first-order valence-electron chi connectivity index (χ1n) is 13.4. The zero-order chi connectivity index (χ0) is 29.3. The lowest BCUT2D eigenvalue weighted by molar-refractivity contribution is -0.135. The van der Waals surface area contributed by atoms with Gasteiger partial charge >= 0.3 is 0 Å². The first kappa shape index (κ1) is 29.1. The van der Waals surface area contributed by atoms with Crippen LogP contribution in [0.5, 0.6) is 0 Å². The monoisotopic (exact) mass is 616 g/mol. The summed E-state index contributed by atoms with van der Waals surface area (Å²) in [6.07, 6.45) is 7.24. The molecular formula is C27H27Cl2FN8O2S. The highest BCUT2D eigenvalue weighted by molar-refractivity contribution is 7.92. The molecule has 2 aliphatic rings. The lowest BCUT2D eigenvalue weighted by Crippen LogP contribution is -2.51. The Morgan fingerprint density at radius 3 is 2.51 bits per heavy atom. The Bertz CT molecular complexity index is 1660. The fraction of sp³-hybridized carbons (Fsp3) is 0.407. The number of nitriles is 1. The van der Waals surface area contributed by atoms with Crippen molar-refractivity contribution in [3.05, 3.63) is 46.3 Å². The second-order valence-corrected chi connectivity index (χ2v) is 11.1. The van der Waals surface area contributed by atoms with Crippen LogP contribution in [0.15, 0.2) is 30.7 Å². The minimum Gasteiger partial charge on any atom is -0.341 e. The molecule has 14 heteroatoms. The third-order valence-electron chi connectivity index (χ3n) is 7.23. The highest BCUT2D eigenvalue weighted by Gasteiger charge is 2.40. The van der Waals surface area contributed by atoms with Gasteiger partial charge in [0.05, 0.1) is 39.6 Å². The van der Waals surface area contributed by atoms with Crippen molar-refractivity contribution in [1.82, 2.24) is 33.9 Å². The topological polar surface area (TPSA) is 122 Å². The van der Waals surface area contributed by atoms with E-state index in [4.69, 9.17) is 28.5 Å².